The van der Waals surface area contributed by atoms with Gasteiger partial charge in [-0.1, -0.05) is 69.7 Å². The molecule has 2 heterocycles. The average Bonchev–Trinajstić information content (AvgIpc) is 3.16. The Balaban J connectivity index is 1.56. The van der Waals surface area contributed by atoms with Crippen LogP contribution in [0.25, 0.3) is 0 Å². The van der Waals surface area contributed by atoms with E-state index in [1.165, 1.54) is 5.01 Å². The van der Waals surface area contributed by atoms with Gasteiger partial charge in [0.2, 0.25) is 0 Å². The van der Waals surface area contributed by atoms with Gasteiger partial charge in [-0.05, 0) is 44.4 Å². The lowest BCUT2D eigenvalue weighted by atomic mass is 9.76. The van der Waals surface area contributed by atoms with E-state index in [9.17, 15) is 9.59 Å². The fourth-order valence-electron chi connectivity index (χ4n) is 4.77. The number of nitrogens with one attached hydrogen (secondary N) is 1. The van der Waals surface area contributed by atoms with Gasteiger partial charge in [0.05, 0.1) is 17.0 Å². The second-order valence-electron chi connectivity index (χ2n) is 10.1. The van der Waals surface area contributed by atoms with Gasteiger partial charge in [-0.15, -0.1) is 10.1 Å². The summed E-state index contributed by atoms with van der Waals surface area (Å²) in [6.07, 6.45) is 21.8. The van der Waals surface area contributed by atoms with Crippen LogP contribution in [0.4, 0.5) is 0 Å². The van der Waals surface area contributed by atoms with Crippen LogP contribution in [0.15, 0.2) is 77.1 Å². The quantitative estimate of drug-likeness (QED) is 0.641. The lowest BCUT2D eigenvalue weighted by Gasteiger charge is -2.29. The molecule has 0 radical (unpaired) electrons. The lowest BCUT2D eigenvalue weighted by Crippen LogP contribution is -2.85. The van der Waals surface area contributed by atoms with Gasteiger partial charge in [-0.25, -0.2) is 0 Å². The fourth-order valence-corrected chi connectivity index (χ4v) is 4.77. The van der Waals surface area contributed by atoms with Crippen LogP contribution in [0, 0.1) is 17.3 Å². The molecule has 34 heavy (non-hydrogen) atoms. The van der Waals surface area contributed by atoms with E-state index < -0.39 is 11.5 Å². The molecule has 0 saturated carbocycles. The smallest absolute Gasteiger partial charge is 0.268 e. The zero-order valence-corrected chi connectivity index (χ0v) is 21.0. The molecule has 0 bridgehead atoms. The zero-order valence-electron chi connectivity index (χ0n) is 21.0. The monoisotopic (exact) mass is 459 g/mol. The summed E-state index contributed by atoms with van der Waals surface area (Å²) < 4.78 is 0. The Morgan fingerprint density at radius 1 is 1.18 bits per heavy atom. The third-order valence-electron chi connectivity index (χ3n) is 7.64. The summed E-state index contributed by atoms with van der Waals surface area (Å²) >= 11 is 0. The fraction of sp³-hybridized carbons (Fsp3) is 0.429. The molecule has 178 valence electrons. The van der Waals surface area contributed by atoms with Crippen molar-refractivity contribution in [2.75, 3.05) is 0 Å². The maximum Gasteiger partial charge on any atom is 0.295 e. The standard InChI is InChI=1S/C28H34N4O2/c1-7-19(2)27(5)14-11-12-22(13-17-27)31-25(33)23(20(3)29-31)18-24-21(4)30-32(26(24)34)28(6)15-9-8-10-16-28/h8-15,17-19,24H,7,16H2,1-6H3/p+1/b23-18+. The molecule has 0 spiro atoms. The molecule has 1 N–H and O–H groups in total. The first-order valence-corrected chi connectivity index (χ1v) is 12.1. The van der Waals surface area contributed by atoms with Gasteiger partial charge in [0.25, 0.3) is 11.8 Å². The largest absolute Gasteiger partial charge is 0.295 e. The predicted octanol–water partition coefficient (Wildman–Crippen LogP) is 3.38. The minimum atomic E-state index is -0.521. The Bertz CT molecular complexity index is 1150. The maximum atomic E-state index is 13.4. The average molecular weight is 460 g/mol. The number of nitrogens with zero attached hydrogens (tertiary/aromatic N) is 3. The normalized spacial score (nSPS) is 32.9. The van der Waals surface area contributed by atoms with Gasteiger partial charge in [0.1, 0.15) is 11.5 Å². The van der Waals surface area contributed by atoms with Gasteiger partial charge >= 0.3 is 0 Å². The molecule has 4 aliphatic rings. The number of hydrazine groups is 1. The number of allylic oxidation sites excluding steroid dienone is 7. The molecule has 6 nitrogen and oxygen atoms in total. The summed E-state index contributed by atoms with van der Waals surface area (Å²) in [5.41, 5.74) is 2.09. The number of rotatable bonds is 5. The molecule has 6 heteroatoms. The summed E-state index contributed by atoms with van der Waals surface area (Å²) in [5.74, 6) is -0.319. The van der Waals surface area contributed by atoms with E-state index in [0.29, 0.717) is 17.2 Å². The number of amides is 2. The third kappa shape index (κ3) is 4.06. The number of hydrazone groups is 2. The van der Waals surface area contributed by atoms with Crippen molar-refractivity contribution in [3.63, 3.8) is 0 Å². The highest BCUT2D eigenvalue weighted by Crippen LogP contribution is 2.36. The van der Waals surface area contributed by atoms with Crippen LogP contribution in [0.5, 0.6) is 0 Å². The first-order chi connectivity index (χ1) is 16.1. The van der Waals surface area contributed by atoms with Crippen molar-refractivity contribution in [3.05, 3.63) is 72.0 Å². The van der Waals surface area contributed by atoms with Crippen molar-refractivity contribution in [1.82, 2.24) is 10.0 Å². The zero-order chi connectivity index (χ0) is 24.7. The van der Waals surface area contributed by atoms with Crippen molar-refractivity contribution < 1.29 is 14.7 Å². The number of hydrogen-bond acceptors (Lipinski definition) is 3. The molecule has 2 amide bonds. The minimum Gasteiger partial charge on any atom is -0.268 e. The van der Waals surface area contributed by atoms with E-state index in [1.54, 1.807) is 11.1 Å². The molecule has 4 atom stereocenters. The van der Waals surface area contributed by atoms with Gasteiger partial charge < -0.3 is 0 Å². The second-order valence-corrected chi connectivity index (χ2v) is 10.1. The van der Waals surface area contributed by atoms with Gasteiger partial charge in [-0.2, -0.15) is 10.1 Å². The van der Waals surface area contributed by atoms with Crippen LogP contribution in [0.2, 0.25) is 0 Å². The molecular formula is C28H35N4O2+. The SMILES string of the molecule is CCC(C)C1(C)C=CC=C(N2N=C(C)/C(=C\C3C(=O)N(C4(C)C=CC=CC4)[NH+]=C3C)C2=O)C=C1. The molecule has 2 aliphatic heterocycles. The molecule has 4 unspecified atom stereocenters. The number of carbonyl (C=O) groups excluding carboxylic acids is 2. The Hall–Kier alpha value is -3.28. The predicted molar refractivity (Wildman–Crippen MR) is 135 cm³/mol. The highest BCUT2D eigenvalue weighted by Gasteiger charge is 2.48. The molecule has 2 aliphatic carbocycles. The molecular weight excluding hydrogens is 424 g/mol. The van der Waals surface area contributed by atoms with Crippen LogP contribution in [-0.2, 0) is 9.59 Å². The topological polar surface area (TPSA) is 67.0 Å². The molecule has 0 saturated heterocycles. The Morgan fingerprint density at radius 3 is 2.62 bits per heavy atom. The molecule has 0 aromatic rings. The maximum absolute atomic E-state index is 13.4. The highest BCUT2D eigenvalue weighted by atomic mass is 16.2. The van der Waals surface area contributed by atoms with E-state index in [1.807, 2.05) is 57.2 Å². The van der Waals surface area contributed by atoms with E-state index in [-0.39, 0.29) is 17.2 Å². The molecule has 0 aromatic heterocycles. The van der Waals surface area contributed by atoms with Crippen LogP contribution < -0.4 is 5.10 Å². The summed E-state index contributed by atoms with van der Waals surface area (Å²) in [5, 5.41) is 10.9. The van der Waals surface area contributed by atoms with Crippen molar-refractivity contribution in [3.8, 4) is 0 Å². The minimum absolute atomic E-state index is 0.0627. The van der Waals surface area contributed by atoms with E-state index in [2.05, 4.69) is 49.2 Å². The molecule has 0 fully saturated rings. The van der Waals surface area contributed by atoms with E-state index in [4.69, 9.17) is 0 Å². The summed E-state index contributed by atoms with van der Waals surface area (Å²) in [4.78, 5) is 26.8. The van der Waals surface area contributed by atoms with Crippen LogP contribution >= 0.6 is 0 Å². The van der Waals surface area contributed by atoms with Crippen molar-refractivity contribution >= 4 is 23.2 Å². The van der Waals surface area contributed by atoms with Gasteiger partial charge in [0, 0.05) is 12.3 Å². The van der Waals surface area contributed by atoms with Crippen LogP contribution in [-0.4, -0.2) is 38.8 Å². The number of hydrogen-bond donors (Lipinski definition) is 1. The van der Waals surface area contributed by atoms with Crippen LogP contribution in [0.1, 0.15) is 54.4 Å². The first-order valence-electron chi connectivity index (χ1n) is 12.1. The third-order valence-corrected chi connectivity index (χ3v) is 7.64. The summed E-state index contributed by atoms with van der Waals surface area (Å²) in [7, 11) is 0. The van der Waals surface area contributed by atoms with Crippen LogP contribution in [0.3, 0.4) is 0 Å². The first kappa shape index (κ1) is 23.9. The van der Waals surface area contributed by atoms with Gasteiger partial charge in [-0.3, -0.25) is 9.59 Å². The Labute approximate surface area is 202 Å². The highest BCUT2D eigenvalue weighted by molar-refractivity contribution is 6.25. The van der Waals surface area contributed by atoms with E-state index >= 15 is 0 Å². The summed E-state index contributed by atoms with van der Waals surface area (Å²) in [6.45, 7) is 12.4. The van der Waals surface area contributed by atoms with Crippen molar-refractivity contribution in [1.29, 1.82) is 0 Å². The van der Waals surface area contributed by atoms with Crippen molar-refractivity contribution in [2.24, 2.45) is 22.4 Å². The van der Waals surface area contributed by atoms with Crippen molar-refractivity contribution in [2.45, 2.75) is 59.9 Å². The Morgan fingerprint density at radius 2 is 1.94 bits per heavy atom. The van der Waals surface area contributed by atoms with E-state index in [0.717, 1.165) is 24.3 Å². The lowest BCUT2D eigenvalue weighted by molar-refractivity contribution is -0.632. The molecule has 0 aromatic carbocycles. The molecule has 4 rings (SSSR count). The Kier molecular flexibility index (Phi) is 6.19. The van der Waals surface area contributed by atoms with Gasteiger partial charge in [0.15, 0.2) is 5.71 Å². The second kappa shape index (κ2) is 8.82. The number of carbonyl (C=O) groups is 2. The summed E-state index contributed by atoms with van der Waals surface area (Å²) in [6, 6.07) is 0.